The smallest absolute Gasteiger partial charge is 0.300 e. The van der Waals surface area contributed by atoms with Crippen molar-refractivity contribution in [1.82, 2.24) is 0 Å². The third kappa shape index (κ3) is 5.70. The molecule has 1 unspecified atom stereocenters. The number of aliphatic hydroxyl groups excluding tert-OH is 1. The number of anilines is 2. The number of rotatable bonds is 9. The van der Waals surface area contributed by atoms with E-state index in [4.69, 9.17) is 4.74 Å². The molecular weight excluding hydrogens is 488 g/mol. The van der Waals surface area contributed by atoms with Gasteiger partial charge in [-0.1, -0.05) is 55.8 Å². The molecule has 1 N–H and O–H groups in total. The molecule has 0 bridgehead atoms. The van der Waals surface area contributed by atoms with Gasteiger partial charge in [0, 0.05) is 30.0 Å². The Balaban J connectivity index is 1.87. The first kappa shape index (κ1) is 28.0. The first-order valence-electron chi connectivity index (χ1n) is 13.6. The molecule has 1 aliphatic heterocycles. The van der Waals surface area contributed by atoms with Crippen LogP contribution in [-0.4, -0.2) is 36.5 Å². The van der Waals surface area contributed by atoms with Gasteiger partial charge in [-0.05, 0) is 75.1 Å². The lowest BCUT2D eigenvalue weighted by atomic mass is 9.94. The van der Waals surface area contributed by atoms with Crippen LogP contribution in [0.1, 0.15) is 56.0 Å². The molecule has 1 atom stereocenters. The minimum Gasteiger partial charge on any atom is -0.507 e. The number of ketones is 1. The number of benzene rings is 3. The minimum atomic E-state index is -0.780. The van der Waals surface area contributed by atoms with Crippen molar-refractivity contribution in [2.24, 2.45) is 5.92 Å². The van der Waals surface area contributed by atoms with Gasteiger partial charge in [0.1, 0.15) is 11.5 Å². The van der Waals surface area contributed by atoms with Crippen molar-refractivity contribution >= 4 is 28.8 Å². The highest BCUT2D eigenvalue weighted by Gasteiger charge is 2.47. The van der Waals surface area contributed by atoms with Gasteiger partial charge in [-0.3, -0.25) is 14.5 Å². The maximum absolute atomic E-state index is 13.6. The van der Waals surface area contributed by atoms with E-state index in [0.29, 0.717) is 29.5 Å². The molecule has 1 heterocycles. The number of aryl methyl sites for hydroxylation is 2. The average Bonchev–Trinajstić information content (AvgIpc) is 3.18. The number of aliphatic hydroxyl groups is 1. The second-order valence-corrected chi connectivity index (χ2v) is 10.5. The molecule has 3 aromatic rings. The predicted octanol–water partition coefficient (Wildman–Crippen LogP) is 6.81. The summed E-state index contributed by atoms with van der Waals surface area (Å²) in [5.41, 5.74) is 4.89. The Labute approximate surface area is 231 Å². The van der Waals surface area contributed by atoms with Gasteiger partial charge >= 0.3 is 0 Å². The molecule has 204 valence electrons. The maximum atomic E-state index is 13.6. The molecule has 39 heavy (non-hydrogen) atoms. The Kier molecular flexibility index (Phi) is 8.44. The Morgan fingerprint density at radius 2 is 1.67 bits per heavy atom. The summed E-state index contributed by atoms with van der Waals surface area (Å²) in [6, 6.07) is 19.9. The number of nitrogens with zero attached hydrogens (tertiary/aromatic N) is 2. The molecule has 0 radical (unpaired) electrons. The molecule has 0 aliphatic carbocycles. The van der Waals surface area contributed by atoms with Crippen LogP contribution in [0.5, 0.6) is 5.75 Å². The summed E-state index contributed by atoms with van der Waals surface area (Å²) < 4.78 is 5.85. The highest BCUT2D eigenvalue weighted by molar-refractivity contribution is 6.51. The van der Waals surface area contributed by atoms with E-state index in [0.717, 1.165) is 35.5 Å². The zero-order chi connectivity index (χ0) is 28.3. The topological polar surface area (TPSA) is 70.1 Å². The summed E-state index contributed by atoms with van der Waals surface area (Å²) >= 11 is 0. The summed E-state index contributed by atoms with van der Waals surface area (Å²) in [6.07, 6.45) is 0. The Bertz CT molecular complexity index is 1390. The van der Waals surface area contributed by atoms with Crippen LogP contribution in [0.15, 0.2) is 72.3 Å². The van der Waals surface area contributed by atoms with Crippen molar-refractivity contribution < 1.29 is 19.4 Å². The van der Waals surface area contributed by atoms with E-state index < -0.39 is 17.7 Å². The van der Waals surface area contributed by atoms with Crippen molar-refractivity contribution in [3.63, 3.8) is 0 Å². The number of carbonyl (C=O) groups is 2. The van der Waals surface area contributed by atoms with Gasteiger partial charge in [0.25, 0.3) is 11.7 Å². The monoisotopic (exact) mass is 526 g/mol. The van der Waals surface area contributed by atoms with E-state index in [-0.39, 0.29) is 11.3 Å². The molecule has 1 amide bonds. The normalized spacial score (nSPS) is 16.7. The largest absolute Gasteiger partial charge is 0.507 e. The quantitative estimate of drug-likeness (QED) is 0.188. The highest BCUT2D eigenvalue weighted by Crippen LogP contribution is 2.43. The van der Waals surface area contributed by atoms with E-state index in [1.165, 1.54) is 4.90 Å². The predicted molar refractivity (Wildman–Crippen MR) is 157 cm³/mol. The first-order chi connectivity index (χ1) is 18.7. The molecular formula is C33H38N2O4. The van der Waals surface area contributed by atoms with Crippen LogP contribution < -0.4 is 14.5 Å². The SMILES string of the molecule is CCN(CC)c1ccc(C2/C(=C(\O)c3cccc(OCC(C)C)c3)C(=O)C(=O)N2c2ccc(C)cc2C)cc1. The molecule has 3 aromatic carbocycles. The zero-order valence-electron chi connectivity index (χ0n) is 23.7. The average molecular weight is 527 g/mol. The second-order valence-electron chi connectivity index (χ2n) is 10.5. The number of hydrogen-bond acceptors (Lipinski definition) is 5. The number of amides is 1. The molecule has 6 nitrogen and oxygen atoms in total. The summed E-state index contributed by atoms with van der Waals surface area (Å²) in [4.78, 5) is 30.9. The van der Waals surface area contributed by atoms with Crippen molar-refractivity contribution in [3.8, 4) is 5.75 Å². The molecule has 1 fully saturated rings. The molecule has 1 aliphatic rings. The summed E-state index contributed by atoms with van der Waals surface area (Å²) in [7, 11) is 0. The molecule has 0 aromatic heterocycles. The Morgan fingerprint density at radius 3 is 2.28 bits per heavy atom. The third-order valence-corrected chi connectivity index (χ3v) is 7.08. The fourth-order valence-corrected chi connectivity index (χ4v) is 5.08. The van der Waals surface area contributed by atoms with Crippen LogP contribution in [0.25, 0.3) is 5.76 Å². The van der Waals surface area contributed by atoms with E-state index in [1.807, 2.05) is 62.4 Å². The lowest BCUT2D eigenvalue weighted by Crippen LogP contribution is -2.30. The number of hydrogen-bond donors (Lipinski definition) is 1. The highest BCUT2D eigenvalue weighted by atomic mass is 16.5. The molecule has 1 saturated heterocycles. The van der Waals surface area contributed by atoms with E-state index in [1.54, 1.807) is 18.2 Å². The van der Waals surface area contributed by atoms with Gasteiger partial charge in [-0.2, -0.15) is 0 Å². The summed E-state index contributed by atoms with van der Waals surface area (Å²) in [5, 5.41) is 11.6. The number of ether oxygens (including phenoxy) is 1. The van der Waals surface area contributed by atoms with E-state index >= 15 is 0 Å². The lowest BCUT2D eigenvalue weighted by molar-refractivity contribution is -0.132. The van der Waals surface area contributed by atoms with Gasteiger partial charge in [0.05, 0.1) is 18.2 Å². The van der Waals surface area contributed by atoms with Crippen molar-refractivity contribution in [2.75, 3.05) is 29.5 Å². The molecule has 4 rings (SSSR count). The van der Waals surface area contributed by atoms with Crippen LogP contribution in [-0.2, 0) is 9.59 Å². The fraction of sp³-hybridized carbons (Fsp3) is 0.333. The van der Waals surface area contributed by atoms with Gasteiger partial charge in [0.2, 0.25) is 0 Å². The van der Waals surface area contributed by atoms with Crippen LogP contribution in [0.3, 0.4) is 0 Å². The first-order valence-corrected chi connectivity index (χ1v) is 13.6. The van der Waals surface area contributed by atoms with Crippen LogP contribution >= 0.6 is 0 Å². The third-order valence-electron chi connectivity index (χ3n) is 7.08. The van der Waals surface area contributed by atoms with Crippen LogP contribution in [0, 0.1) is 19.8 Å². The van der Waals surface area contributed by atoms with Gasteiger partial charge in [-0.15, -0.1) is 0 Å². The standard InChI is InChI=1S/C33H38N2O4/c1-7-34(8-2)26-15-13-24(14-16-26)30-29(31(36)25-10-9-11-27(19-25)39-20-21(3)4)32(37)33(38)35(30)28-17-12-22(5)18-23(28)6/h9-19,21,30,36H,7-8,20H2,1-6H3/b31-29+. The second kappa shape index (κ2) is 11.8. The van der Waals surface area contributed by atoms with Gasteiger partial charge in [-0.25, -0.2) is 0 Å². The molecule has 6 heteroatoms. The van der Waals surface area contributed by atoms with Crippen LogP contribution in [0.2, 0.25) is 0 Å². The zero-order valence-corrected chi connectivity index (χ0v) is 23.7. The molecule has 0 spiro atoms. The van der Waals surface area contributed by atoms with Crippen LogP contribution in [0.4, 0.5) is 11.4 Å². The maximum Gasteiger partial charge on any atom is 0.300 e. The lowest BCUT2D eigenvalue weighted by Gasteiger charge is -2.28. The fourth-order valence-electron chi connectivity index (χ4n) is 5.08. The van der Waals surface area contributed by atoms with Crippen molar-refractivity contribution in [1.29, 1.82) is 0 Å². The number of Topliss-reactive ketones (excluding diaryl/α,β-unsaturated/α-hetero) is 1. The van der Waals surface area contributed by atoms with Gasteiger partial charge < -0.3 is 14.7 Å². The van der Waals surface area contributed by atoms with E-state index in [9.17, 15) is 14.7 Å². The summed E-state index contributed by atoms with van der Waals surface area (Å²) in [6.45, 7) is 14.5. The minimum absolute atomic E-state index is 0.0663. The molecule has 0 saturated carbocycles. The number of carbonyl (C=O) groups excluding carboxylic acids is 2. The van der Waals surface area contributed by atoms with E-state index in [2.05, 4.69) is 32.6 Å². The Hall–Kier alpha value is -4.06. The van der Waals surface area contributed by atoms with Crippen molar-refractivity contribution in [3.05, 3.63) is 94.6 Å². The van der Waals surface area contributed by atoms with Gasteiger partial charge in [0.15, 0.2) is 0 Å². The summed E-state index contributed by atoms with van der Waals surface area (Å²) in [5.74, 6) is -0.651. The van der Waals surface area contributed by atoms with Crippen molar-refractivity contribution in [2.45, 2.75) is 47.6 Å². The Morgan fingerprint density at radius 1 is 0.974 bits per heavy atom.